The van der Waals surface area contributed by atoms with E-state index < -0.39 is 29.4 Å². The predicted octanol–water partition coefficient (Wildman–Crippen LogP) is 7.40. The van der Waals surface area contributed by atoms with Crippen LogP contribution in [-0.4, -0.2) is 67.5 Å². The van der Waals surface area contributed by atoms with Gasteiger partial charge in [0.2, 0.25) is 0 Å². The first-order valence-electron chi connectivity index (χ1n) is 16.3. The molecule has 1 unspecified atom stereocenters. The van der Waals surface area contributed by atoms with Crippen LogP contribution in [0.1, 0.15) is 52.9 Å². The number of rotatable bonds is 11. The molecule has 5 rings (SSSR count). The Kier molecular flexibility index (Phi) is 10.8. The van der Waals surface area contributed by atoms with Crippen molar-refractivity contribution < 1.29 is 33.4 Å². The summed E-state index contributed by atoms with van der Waals surface area (Å²) in [7, 11) is 1.21. The van der Waals surface area contributed by atoms with Gasteiger partial charge in [0.25, 0.3) is 0 Å². The van der Waals surface area contributed by atoms with E-state index in [-0.39, 0.29) is 34.7 Å². The number of halogens is 3. The minimum Gasteiger partial charge on any atom is -0.441 e. The quantitative estimate of drug-likeness (QED) is 0.109. The Morgan fingerprint density at radius 3 is 2.35 bits per heavy atom. The van der Waals surface area contributed by atoms with Crippen LogP contribution in [0.3, 0.4) is 0 Å². The van der Waals surface area contributed by atoms with E-state index in [1.807, 2.05) is 30.0 Å². The number of Topliss-reactive ketones (excluding diaryl/α,β-unsaturated/α-hetero) is 1. The lowest BCUT2D eigenvalue weighted by atomic mass is 9.48. The van der Waals surface area contributed by atoms with E-state index >= 15 is 0 Å². The second-order valence-corrected chi connectivity index (χ2v) is 14.8. The molecule has 0 bridgehead atoms. The number of hydrogen-bond acceptors (Lipinski definition) is 8. The molecule has 1 N–H and O–H groups in total. The Morgan fingerprint density at radius 2 is 1.75 bits per heavy atom. The number of ether oxygens (including phenoxy) is 3. The summed E-state index contributed by atoms with van der Waals surface area (Å²) in [6, 6.07) is 7.00. The van der Waals surface area contributed by atoms with Crippen molar-refractivity contribution in [3.05, 3.63) is 59.2 Å². The fraction of sp³-hybridized carbons (Fsp3) is 0.556. The molecular weight excluding hydrogens is 679 g/mol. The molecule has 4 aliphatic rings. The zero-order valence-corrected chi connectivity index (χ0v) is 30.1. The van der Waals surface area contributed by atoms with E-state index in [4.69, 9.17) is 49.0 Å². The number of nitrogens with zero attached hydrogens (tertiary/aromatic N) is 1. The average Bonchev–Trinajstić information content (AvgIpc) is 3.27. The summed E-state index contributed by atoms with van der Waals surface area (Å²) in [4.78, 5) is 54.5. The molecule has 7 atom stereocenters. The van der Waals surface area contributed by atoms with Crippen LogP contribution in [0.15, 0.2) is 59.2 Å². The zero-order chi connectivity index (χ0) is 35.0. The Morgan fingerprint density at radius 1 is 1.08 bits per heavy atom. The first-order chi connectivity index (χ1) is 22.7. The predicted molar refractivity (Wildman–Crippen MR) is 186 cm³/mol. The summed E-state index contributed by atoms with van der Waals surface area (Å²) in [5.41, 5.74) is -0.0691. The Balaban J connectivity index is 1.33. The number of amides is 1. The lowest BCUT2D eigenvalue weighted by Crippen LogP contribution is -2.59. The highest BCUT2D eigenvalue weighted by molar-refractivity contribution is 6.32. The van der Waals surface area contributed by atoms with Gasteiger partial charge in [-0.25, -0.2) is 9.59 Å². The van der Waals surface area contributed by atoms with Gasteiger partial charge >= 0.3 is 18.4 Å². The molecule has 1 aromatic rings. The van der Waals surface area contributed by atoms with Crippen molar-refractivity contribution in [1.82, 2.24) is 0 Å². The molecule has 0 radical (unpaired) electrons. The van der Waals surface area contributed by atoms with Crippen LogP contribution in [0.25, 0.3) is 0 Å². The first kappa shape index (κ1) is 36.4. The van der Waals surface area contributed by atoms with Crippen LogP contribution in [-0.2, 0) is 28.6 Å². The molecule has 260 valence electrons. The normalized spacial score (nSPS) is 31.4. The number of ketones is 2. The van der Waals surface area contributed by atoms with Crippen LogP contribution in [0.5, 0.6) is 0 Å². The van der Waals surface area contributed by atoms with Crippen molar-refractivity contribution in [2.45, 2.75) is 64.8 Å². The molecule has 9 nitrogen and oxygen atoms in total. The molecular formula is C36H43Cl3N2O7. The maximum absolute atomic E-state index is 13.7. The maximum Gasteiger partial charge on any atom is 0.414 e. The molecule has 0 saturated heterocycles. The number of alkyl halides is 2. The van der Waals surface area contributed by atoms with Gasteiger partial charge in [0.05, 0.1) is 0 Å². The van der Waals surface area contributed by atoms with Gasteiger partial charge in [0.1, 0.15) is 0 Å². The van der Waals surface area contributed by atoms with Crippen LogP contribution in [0.2, 0.25) is 0 Å². The largest absolute Gasteiger partial charge is 0.441 e. The van der Waals surface area contributed by atoms with Gasteiger partial charge in [0.15, 0.2) is 17.2 Å². The highest BCUT2D eigenvalue weighted by atomic mass is 35.5. The topological polar surface area (TPSA) is 111 Å². The summed E-state index contributed by atoms with van der Waals surface area (Å²) >= 11 is 18.7. The second-order valence-electron chi connectivity index (χ2n) is 13.7. The van der Waals surface area contributed by atoms with Crippen molar-refractivity contribution >= 4 is 69.8 Å². The number of carbonyl (C=O) groups excluding carboxylic acids is 4. The Bertz CT molecular complexity index is 1540. The third-order valence-electron chi connectivity index (χ3n) is 11.3. The highest BCUT2D eigenvalue weighted by Gasteiger charge is 2.69. The fourth-order valence-corrected chi connectivity index (χ4v) is 9.73. The van der Waals surface area contributed by atoms with Gasteiger partial charge in [0, 0.05) is 60.2 Å². The monoisotopic (exact) mass is 720 g/mol. The Hall–Kier alpha value is -2.85. The van der Waals surface area contributed by atoms with E-state index in [1.54, 1.807) is 18.2 Å². The molecule has 2 saturated carbocycles. The number of esters is 1. The molecule has 0 heterocycles. The molecule has 0 aliphatic heterocycles. The van der Waals surface area contributed by atoms with Gasteiger partial charge in [-0.3, -0.25) is 14.9 Å². The van der Waals surface area contributed by atoms with Crippen molar-refractivity contribution in [3.63, 3.8) is 0 Å². The molecule has 0 spiro atoms. The van der Waals surface area contributed by atoms with Gasteiger partial charge in [-0.05, 0) is 97.3 Å². The van der Waals surface area contributed by atoms with Crippen molar-refractivity contribution in [1.29, 1.82) is 0 Å². The third-order valence-corrected chi connectivity index (χ3v) is 11.9. The lowest BCUT2D eigenvalue weighted by Gasteiger charge is -2.57. The minimum absolute atomic E-state index is 0.0214. The Labute approximate surface area is 296 Å². The fourth-order valence-electron chi connectivity index (χ4n) is 8.90. The number of anilines is 2. The molecule has 4 aliphatic carbocycles. The number of fused-ring (bicyclic) bond motifs is 5. The zero-order valence-electron chi connectivity index (χ0n) is 27.8. The molecule has 1 amide bonds. The van der Waals surface area contributed by atoms with E-state index in [0.717, 1.165) is 17.7 Å². The van der Waals surface area contributed by atoms with E-state index in [1.165, 1.54) is 14.0 Å². The summed E-state index contributed by atoms with van der Waals surface area (Å²) in [6.07, 6.45) is 3.97. The molecule has 12 heteroatoms. The summed E-state index contributed by atoms with van der Waals surface area (Å²) < 4.78 is 16.7. The standard InChI is InChI=1S/C36H43Cl3N2O7/c1-21-18-28-26-20-30(39)29-19-25(43)10-12-34(29,3)27(26)11-13-35(28,4)36(21,22(2)42)48-31(44)32(46-5)47-33(45)40-23-6-8-24(9-7-23)41(16-14-37)17-15-38/h6-9,19-20,26-28,32H,1,10-18H2,2-5H3,(H,40,45)/t26-,27+,28+,32?,34-,35+,36+/m1/s1. The maximum atomic E-state index is 13.7. The molecule has 1 aromatic carbocycles. The van der Waals surface area contributed by atoms with Gasteiger partial charge in [-0.1, -0.05) is 38.1 Å². The number of carbonyl (C=O) groups is 4. The van der Waals surface area contributed by atoms with E-state index in [9.17, 15) is 19.2 Å². The number of hydrogen-bond donors (Lipinski definition) is 1. The SMILES string of the molecule is C=C1C[C@H]2[C@@H]3C=C(Cl)C4=CC(=O)CC[C@]4(C)[C@H]3CC[C@]2(C)[C@@]1(OC(=O)C(OC)OC(=O)Nc1ccc(N(CCCl)CCCl)cc1)C(C)=O. The van der Waals surface area contributed by atoms with Gasteiger partial charge in [-0.2, -0.15) is 0 Å². The third kappa shape index (κ3) is 6.21. The first-order valence-corrected chi connectivity index (χ1v) is 17.7. The van der Waals surface area contributed by atoms with Crippen molar-refractivity contribution in [2.24, 2.45) is 28.6 Å². The van der Waals surface area contributed by atoms with Gasteiger partial charge in [-0.15, -0.1) is 23.2 Å². The molecule has 2 fully saturated rings. The van der Waals surface area contributed by atoms with Crippen molar-refractivity contribution in [2.75, 3.05) is 42.2 Å². The molecule has 0 aromatic heterocycles. The van der Waals surface area contributed by atoms with Crippen molar-refractivity contribution in [3.8, 4) is 0 Å². The smallest absolute Gasteiger partial charge is 0.414 e. The summed E-state index contributed by atoms with van der Waals surface area (Å²) in [6.45, 7) is 11.1. The second kappa shape index (κ2) is 14.2. The number of nitrogens with one attached hydrogen (secondary N) is 1. The molecule has 48 heavy (non-hydrogen) atoms. The van der Waals surface area contributed by atoms with Crippen LogP contribution in [0, 0.1) is 28.6 Å². The minimum atomic E-state index is -1.74. The number of methoxy groups -OCH3 is 1. The van der Waals surface area contributed by atoms with E-state index in [2.05, 4.69) is 18.8 Å². The van der Waals surface area contributed by atoms with Crippen LogP contribution in [0.4, 0.5) is 16.2 Å². The number of allylic oxidation sites excluding steroid dienone is 4. The summed E-state index contributed by atoms with van der Waals surface area (Å²) in [5.74, 6) is -0.357. The average molecular weight is 722 g/mol. The van der Waals surface area contributed by atoms with Crippen LogP contribution >= 0.6 is 34.8 Å². The highest BCUT2D eigenvalue weighted by Crippen LogP contribution is 2.69. The van der Waals surface area contributed by atoms with Gasteiger partial charge < -0.3 is 19.1 Å². The summed E-state index contributed by atoms with van der Waals surface area (Å²) in [5, 5.41) is 3.16. The number of benzene rings is 1. The lowest BCUT2D eigenvalue weighted by molar-refractivity contribution is -0.204. The van der Waals surface area contributed by atoms with E-state index in [0.29, 0.717) is 66.8 Å². The van der Waals surface area contributed by atoms with Crippen LogP contribution < -0.4 is 10.2 Å².